The Balaban J connectivity index is 1.94. The van der Waals surface area contributed by atoms with Crippen LogP contribution in [0.1, 0.15) is 12.8 Å². The third-order valence-electron chi connectivity index (χ3n) is 3.52. The fraction of sp³-hybridized carbons (Fsp3) is 0.429. The quantitative estimate of drug-likeness (QED) is 0.758. The zero-order chi connectivity index (χ0) is 15.5. The van der Waals surface area contributed by atoms with Crippen molar-refractivity contribution in [1.29, 1.82) is 0 Å². The van der Waals surface area contributed by atoms with E-state index in [9.17, 15) is 14.7 Å². The Labute approximate surface area is 127 Å². The highest BCUT2D eigenvalue weighted by molar-refractivity contribution is 6.33. The fourth-order valence-corrected chi connectivity index (χ4v) is 2.60. The highest BCUT2D eigenvalue weighted by Crippen LogP contribution is 2.22. The molecule has 1 fully saturated rings. The number of aliphatic hydroxyl groups is 1. The van der Waals surface area contributed by atoms with Crippen molar-refractivity contribution in [3.63, 3.8) is 0 Å². The minimum absolute atomic E-state index is 0.0677. The summed E-state index contributed by atoms with van der Waals surface area (Å²) in [5, 5.41) is 13.3. The molecule has 1 unspecified atom stereocenters. The maximum atomic E-state index is 12.0. The van der Waals surface area contributed by atoms with Crippen molar-refractivity contribution in [2.45, 2.75) is 18.4 Å². The van der Waals surface area contributed by atoms with E-state index in [0.29, 0.717) is 30.1 Å². The number of nitrogens with one attached hydrogen (secondary N) is 1. The van der Waals surface area contributed by atoms with E-state index in [1.807, 2.05) is 0 Å². The molecule has 1 aromatic carbocycles. The molecule has 1 atom stereocenters. The van der Waals surface area contributed by atoms with E-state index >= 15 is 0 Å². The van der Waals surface area contributed by atoms with Crippen LogP contribution in [0.25, 0.3) is 0 Å². The van der Waals surface area contributed by atoms with Crippen LogP contribution in [0.4, 0.5) is 5.69 Å². The SMILES string of the molecule is NC(=O)C1(O)CCCN(CC(=O)Nc2ccccc2Cl)C1. The number of halogens is 1. The first-order chi connectivity index (χ1) is 9.90. The maximum absolute atomic E-state index is 12.0. The van der Waals surface area contributed by atoms with Gasteiger partial charge in [-0.1, -0.05) is 23.7 Å². The number of para-hydroxylation sites is 1. The smallest absolute Gasteiger partial charge is 0.250 e. The second-order valence-corrected chi connectivity index (χ2v) is 5.65. The largest absolute Gasteiger partial charge is 0.379 e. The van der Waals surface area contributed by atoms with Crippen molar-refractivity contribution >= 4 is 29.1 Å². The Morgan fingerprint density at radius 1 is 1.43 bits per heavy atom. The third kappa shape index (κ3) is 3.93. The molecule has 1 aliphatic rings. The number of benzene rings is 1. The van der Waals surface area contributed by atoms with Gasteiger partial charge in [0, 0.05) is 6.54 Å². The lowest BCUT2D eigenvalue weighted by atomic mass is 9.92. The number of piperidine rings is 1. The van der Waals surface area contributed by atoms with Gasteiger partial charge in [0.15, 0.2) is 5.60 Å². The Morgan fingerprint density at radius 2 is 2.14 bits per heavy atom. The normalized spacial score (nSPS) is 22.8. The van der Waals surface area contributed by atoms with E-state index in [1.165, 1.54) is 0 Å². The Bertz CT molecular complexity index is 552. The number of carbonyl (C=O) groups excluding carboxylic acids is 2. The topological polar surface area (TPSA) is 95.7 Å². The molecule has 0 radical (unpaired) electrons. The summed E-state index contributed by atoms with van der Waals surface area (Å²) in [5.74, 6) is -1.00. The molecule has 114 valence electrons. The van der Waals surface area contributed by atoms with Gasteiger partial charge in [0.05, 0.1) is 17.3 Å². The summed E-state index contributed by atoms with van der Waals surface area (Å²) < 4.78 is 0. The molecule has 0 bridgehead atoms. The van der Waals surface area contributed by atoms with E-state index in [0.717, 1.165) is 0 Å². The van der Waals surface area contributed by atoms with Crippen LogP contribution >= 0.6 is 11.6 Å². The summed E-state index contributed by atoms with van der Waals surface area (Å²) in [6, 6.07) is 6.93. The van der Waals surface area contributed by atoms with Gasteiger partial charge in [-0.15, -0.1) is 0 Å². The first kappa shape index (κ1) is 15.8. The van der Waals surface area contributed by atoms with E-state index in [2.05, 4.69) is 5.32 Å². The van der Waals surface area contributed by atoms with Crippen LogP contribution in [-0.2, 0) is 9.59 Å². The molecular weight excluding hydrogens is 294 g/mol. The first-order valence-corrected chi connectivity index (χ1v) is 7.07. The third-order valence-corrected chi connectivity index (χ3v) is 3.85. The number of hydrogen-bond acceptors (Lipinski definition) is 4. The van der Waals surface area contributed by atoms with Gasteiger partial charge in [-0.2, -0.15) is 0 Å². The molecule has 1 aliphatic heterocycles. The van der Waals surface area contributed by atoms with Gasteiger partial charge in [0.1, 0.15) is 0 Å². The number of primary amides is 1. The highest BCUT2D eigenvalue weighted by atomic mass is 35.5. The van der Waals surface area contributed by atoms with Crippen LogP contribution < -0.4 is 11.1 Å². The van der Waals surface area contributed by atoms with Crippen LogP contribution in [0.5, 0.6) is 0 Å². The Kier molecular flexibility index (Phi) is 4.82. The number of nitrogens with two attached hydrogens (primary N) is 1. The van der Waals surface area contributed by atoms with Gasteiger partial charge < -0.3 is 16.2 Å². The van der Waals surface area contributed by atoms with Gasteiger partial charge in [-0.05, 0) is 31.5 Å². The summed E-state index contributed by atoms with van der Waals surface area (Å²) in [5.41, 5.74) is 4.19. The van der Waals surface area contributed by atoms with Gasteiger partial charge >= 0.3 is 0 Å². The number of rotatable bonds is 4. The zero-order valence-electron chi connectivity index (χ0n) is 11.5. The summed E-state index contributed by atoms with van der Waals surface area (Å²) in [6.07, 6.45) is 0.934. The van der Waals surface area contributed by atoms with E-state index < -0.39 is 11.5 Å². The molecule has 1 saturated heterocycles. The lowest BCUT2D eigenvalue weighted by Crippen LogP contribution is -2.56. The lowest BCUT2D eigenvalue weighted by molar-refractivity contribution is -0.143. The monoisotopic (exact) mass is 311 g/mol. The molecule has 21 heavy (non-hydrogen) atoms. The van der Waals surface area contributed by atoms with Crippen LogP contribution in [0, 0.1) is 0 Å². The summed E-state index contributed by atoms with van der Waals surface area (Å²) >= 11 is 5.97. The molecular formula is C14H18ClN3O3. The predicted molar refractivity (Wildman–Crippen MR) is 79.9 cm³/mol. The van der Waals surface area contributed by atoms with Crippen molar-refractivity contribution in [3.05, 3.63) is 29.3 Å². The minimum atomic E-state index is -1.55. The molecule has 0 aromatic heterocycles. The summed E-state index contributed by atoms with van der Waals surface area (Å²) in [4.78, 5) is 25.0. The van der Waals surface area contributed by atoms with Gasteiger partial charge in [0.2, 0.25) is 5.91 Å². The predicted octanol–water partition coefficient (Wildman–Crippen LogP) is 0.591. The lowest BCUT2D eigenvalue weighted by Gasteiger charge is -2.36. The Morgan fingerprint density at radius 3 is 2.81 bits per heavy atom. The fourth-order valence-electron chi connectivity index (χ4n) is 2.41. The highest BCUT2D eigenvalue weighted by Gasteiger charge is 2.38. The number of β-amino-alcohol motifs (C(OH)–C–C–N with tert-alkyl or cyclic N) is 1. The van der Waals surface area contributed by atoms with Crippen molar-refractivity contribution in [1.82, 2.24) is 4.90 Å². The molecule has 0 aliphatic carbocycles. The number of anilines is 1. The molecule has 0 saturated carbocycles. The number of likely N-dealkylation sites (tertiary alicyclic amines) is 1. The maximum Gasteiger partial charge on any atom is 0.250 e. The zero-order valence-corrected chi connectivity index (χ0v) is 12.3. The van der Waals surface area contributed by atoms with Gasteiger partial charge in [-0.25, -0.2) is 0 Å². The van der Waals surface area contributed by atoms with Crippen LogP contribution in [0.15, 0.2) is 24.3 Å². The summed E-state index contributed by atoms with van der Waals surface area (Å²) in [7, 11) is 0. The van der Waals surface area contributed by atoms with Crippen molar-refractivity contribution in [3.8, 4) is 0 Å². The van der Waals surface area contributed by atoms with Crippen LogP contribution in [-0.4, -0.2) is 47.1 Å². The molecule has 4 N–H and O–H groups in total. The number of carbonyl (C=O) groups is 2. The van der Waals surface area contributed by atoms with Crippen molar-refractivity contribution < 1.29 is 14.7 Å². The second kappa shape index (κ2) is 6.43. The molecule has 2 amide bonds. The number of amides is 2. The molecule has 1 aromatic rings. The van der Waals surface area contributed by atoms with Crippen molar-refractivity contribution in [2.75, 3.05) is 25.0 Å². The molecule has 7 heteroatoms. The average Bonchev–Trinajstić information content (AvgIpc) is 2.41. The van der Waals surface area contributed by atoms with Crippen molar-refractivity contribution in [2.24, 2.45) is 5.73 Å². The van der Waals surface area contributed by atoms with E-state index in [1.54, 1.807) is 29.2 Å². The van der Waals surface area contributed by atoms with Crippen LogP contribution in [0.2, 0.25) is 5.02 Å². The molecule has 2 rings (SSSR count). The minimum Gasteiger partial charge on any atom is -0.379 e. The van der Waals surface area contributed by atoms with E-state index in [4.69, 9.17) is 17.3 Å². The van der Waals surface area contributed by atoms with Crippen LogP contribution in [0.3, 0.4) is 0 Å². The molecule has 6 nitrogen and oxygen atoms in total. The first-order valence-electron chi connectivity index (χ1n) is 6.70. The number of nitrogens with zero attached hydrogens (tertiary/aromatic N) is 1. The summed E-state index contributed by atoms with van der Waals surface area (Å²) in [6.45, 7) is 0.768. The van der Waals surface area contributed by atoms with E-state index in [-0.39, 0.29) is 19.0 Å². The standard InChI is InChI=1S/C14H18ClN3O3/c15-10-4-1-2-5-11(10)17-12(19)8-18-7-3-6-14(21,9-18)13(16)20/h1-2,4-5,21H,3,6-9H2,(H2,16,20)(H,17,19). The average molecular weight is 312 g/mol. The second-order valence-electron chi connectivity index (χ2n) is 5.24. The molecule has 1 heterocycles. The van der Waals surface area contributed by atoms with Gasteiger partial charge in [0.25, 0.3) is 5.91 Å². The Hall–Kier alpha value is -1.63. The molecule has 0 spiro atoms. The van der Waals surface area contributed by atoms with Gasteiger partial charge in [-0.3, -0.25) is 14.5 Å². The number of hydrogen-bond donors (Lipinski definition) is 3.